The normalized spacial score (nSPS) is 17.4. The number of carbonyl (C=O) groups is 1. The summed E-state index contributed by atoms with van der Waals surface area (Å²) in [7, 11) is 0. The molecule has 1 N–H and O–H groups in total. The molecule has 1 fully saturated rings. The summed E-state index contributed by atoms with van der Waals surface area (Å²) in [6.07, 6.45) is 5.22. The van der Waals surface area contributed by atoms with Crippen LogP contribution in [0.2, 0.25) is 0 Å². The standard InChI is InChI=1S/C32H33FN4O4/c1-20-9-10-26-29(30(20)33)23-8-6-7-22(17-23)25-19-27-34-21(2)24(18-28(38)39)31(37(27)35-25)36-13-11-32(3,12-14-36)41-16-5-4-15-40-26/h4-10,17,19H,11-16,18H2,1-3H3,(H,38,39)/b5-4+. The number of carboxylic acid groups (broad SMARTS) is 1. The number of hydrogen-bond acceptors (Lipinski definition) is 6. The van der Waals surface area contributed by atoms with Gasteiger partial charge in [-0.25, -0.2) is 9.37 Å². The molecule has 7 rings (SSSR count). The average Bonchev–Trinajstić information content (AvgIpc) is 3.36. The molecular weight excluding hydrogens is 523 g/mol. The van der Waals surface area contributed by atoms with Crippen molar-refractivity contribution in [3.8, 4) is 28.1 Å². The molecule has 0 atom stereocenters. The molecule has 0 amide bonds. The highest BCUT2D eigenvalue weighted by molar-refractivity contribution is 5.78. The molecule has 5 heterocycles. The predicted molar refractivity (Wildman–Crippen MR) is 155 cm³/mol. The van der Waals surface area contributed by atoms with Gasteiger partial charge >= 0.3 is 5.97 Å². The Morgan fingerprint density at radius 1 is 1.07 bits per heavy atom. The minimum atomic E-state index is -0.920. The molecule has 9 heteroatoms. The van der Waals surface area contributed by atoms with Gasteiger partial charge < -0.3 is 19.5 Å². The first-order chi connectivity index (χ1) is 19.7. The van der Waals surface area contributed by atoms with E-state index in [2.05, 4.69) is 11.8 Å². The lowest BCUT2D eigenvalue weighted by Gasteiger charge is -2.40. The minimum absolute atomic E-state index is 0.154. The molecule has 0 spiro atoms. The zero-order valence-corrected chi connectivity index (χ0v) is 23.5. The van der Waals surface area contributed by atoms with Crippen LogP contribution in [0.4, 0.5) is 10.2 Å². The topological polar surface area (TPSA) is 89.2 Å². The summed E-state index contributed by atoms with van der Waals surface area (Å²) in [5.74, 6) is -0.0445. The Bertz CT molecular complexity index is 1670. The Morgan fingerprint density at radius 2 is 1.83 bits per heavy atom. The van der Waals surface area contributed by atoms with E-state index >= 15 is 4.39 Å². The number of anilines is 1. The summed E-state index contributed by atoms with van der Waals surface area (Å²) in [5, 5.41) is 14.7. The molecule has 0 radical (unpaired) electrons. The highest BCUT2D eigenvalue weighted by atomic mass is 19.1. The van der Waals surface area contributed by atoms with E-state index in [0.717, 1.165) is 24.2 Å². The monoisotopic (exact) mass is 556 g/mol. The van der Waals surface area contributed by atoms with Gasteiger partial charge in [0.25, 0.3) is 0 Å². The first-order valence-corrected chi connectivity index (χ1v) is 13.9. The number of hydrogen-bond donors (Lipinski definition) is 1. The molecule has 3 aliphatic rings. The number of benzene rings is 2. The maximum Gasteiger partial charge on any atom is 0.308 e. The number of carboxylic acids is 1. The maximum absolute atomic E-state index is 15.6. The van der Waals surface area contributed by atoms with E-state index in [-0.39, 0.29) is 24.4 Å². The van der Waals surface area contributed by atoms with Crippen molar-refractivity contribution < 1.29 is 23.8 Å². The number of fused-ring (bicyclic) bond motifs is 6. The van der Waals surface area contributed by atoms with Gasteiger partial charge in [0.05, 0.1) is 29.9 Å². The second kappa shape index (κ2) is 10.6. The highest BCUT2D eigenvalue weighted by Crippen LogP contribution is 2.37. The molecule has 0 unspecified atom stereocenters. The summed E-state index contributed by atoms with van der Waals surface area (Å²) >= 11 is 0. The van der Waals surface area contributed by atoms with Crippen LogP contribution in [0.5, 0.6) is 5.75 Å². The SMILES string of the molecule is Cc1ccc2c(c1F)-c1cccc(c1)-c1cc3nc(C)c(CC(=O)O)c(n3n1)N1CCC(C)(CC1)OC/C=C/CO2. The third-order valence-corrected chi connectivity index (χ3v) is 8.10. The Kier molecular flexibility index (Phi) is 6.99. The van der Waals surface area contributed by atoms with Gasteiger partial charge in [0.1, 0.15) is 24.0 Å². The third kappa shape index (κ3) is 5.17. The average molecular weight is 557 g/mol. The van der Waals surface area contributed by atoms with Crippen molar-refractivity contribution in [3.63, 3.8) is 0 Å². The van der Waals surface area contributed by atoms with Gasteiger partial charge in [-0.2, -0.15) is 9.61 Å². The fraction of sp³-hybridized carbons (Fsp3) is 0.344. The van der Waals surface area contributed by atoms with Crippen LogP contribution in [0, 0.1) is 19.7 Å². The van der Waals surface area contributed by atoms with E-state index < -0.39 is 5.97 Å². The van der Waals surface area contributed by atoms with Crippen molar-refractivity contribution in [2.24, 2.45) is 0 Å². The predicted octanol–water partition coefficient (Wildman–Crippen LogP) is 5.77. The van der Waals surface area contributed by atoms with Gasteiger partial charge in [0, 0.05) is 36.0 Å². The first kappa shape index (κ1) is 27.0. The van der Waals surface area contributed by atoms with Gasteiger partial charge in [0.2, 0.25) is 0 Å². The lowest BCUT2D eigenvalue weighted by atomic mass is 9.93. The first-order valence-electron chi connectivity index (χ1n) is 13.9. The largest absolute Gasteiger partial charge is 0.489 e. The fourth-order valence-corrected chi connectivity index (χ4v) is 5.70. The van der Waals surface area contributed by atoms with Crippen LogP contribution in [0.25, 0.3) is 28.0 Å². The van der Waals surface area contributed by atoms with Crippen molar-refractivity contribution in [1.82, 2.24) is 14.6 Å². The molecule has 2 aromatic heterocycles. The Morgan fingerprint density at radius 3 is 2.61 bits per heavy atom. The summed E-state index contributed by atoms with van der Waals surface area (Å²) in [5.41, 5.74) is 4.67. The van der Waals surface area contributed by atoms with E-state index in [1.165, 1.54) is 0 Å². The number of aryl methyl sites for hydroxylation is 2. The Balaban J connectivity index is 1.54. The zero-order valence-electron chi connectivity index (χ0n) is 23.5. The molecule has 0 aliphatic carbocycles. The minimum Gasteiger partial charge on any atom is -0.489 e. The van der Waals surface area contributed by atoms with Gasteiger partial charge in [-0.15, -0.1) is 0 Å². The van der Waals surface area contributed by atoms with Gasteiger partial charge in [-0.1, -0.05) is 30.3 Å². The molecule has 6 bridgehead atoms. The lowest BCUT2D eigenvalue weighted by molar-refractivity contribution is -0.136. The van der Waals surface area contributed by atoms with Gasteiger partial charge in [0.15, 0.2) is 5.65 Å². The van der Waals surface area contributed by atoms with Gasteiger partial charge in [-0.05, 0) is 62.9 Å². The Hall–Kier alpha value is -4.24. The van der Waals surface area contributed by atoms with E-state index in [0.29, 0.717) is 64.7 Å². The van der Waals surface area contributed by atoms with Crippen LogP contribution in [0.1, 0.15) is 36.6 Å². The summed E-state index contributed by atoms with van der Waals surface area (Å²) in [4.78, 5) is 18.8. The summed E-state index contributed by atoms with van der Waals surface area (Å²) in [6.45, 7) is 7.79. The van der Waals surface area contributed by atoms with E-state index in [1.54, 1.807) is 23.6 Å². The molecule has 0 saturated carbocycles. The van der Waals surface area contributed by atoms with Crippen LogP contribution in [-0.4, -0.2) is 57.6 Å². The Labute approximate surface area is 238 Å². The van der Waals surface area contributed by atoms with Crippen LogP contribution >= 0.6 is 0 Å². The van der Waals surface area contributed by atoms with Crippen molar-refractivity contribution >= 4 is 17.4 Å². The lowest BCUT2D eigenvalue weighted by Crippen LogP contribution is -2.45. The molecular formula is C32H33FN4O4. The van der Waals surface area contributed by atoms with Crippen molar-refractivity contribution in [2.45, 2.75) is 45.6 Å². The summed E-state index contributed by atoms with van der Waals surface area (Å²) < 4.78 is 29.6. The number of halogens is 1. The number of aliphatic carboxylic acids is 1. The number of rotatable bonds is 2. The molecule has 4 aromatic rings. The zero-order chi connectivity index (χ0) is 28.7. The fourth-order valence-electron chi connectivity index (χ4n) is 5.70. The van der Waals surface area contributed by atoms with Crippen LogP contribution in [0.15, 0.2) is 54.6 Å². The number of nitrogens with zero attached hydrogens (tertiary/aromatic N) is 4. The second-order valence-electron chi connectivity index (χ2n) is 11.1. The summed E-state index contributed by atoms with van der Waals surface area (Å²) in [6, 6.07) is 13.0. The van der Waals surface area contributed by atoms with Crippen molar-refractivity contribution in [3.05, 3.63) is 77.3 Å². The maximum atomic E-state index is 15.6. The van der Waals surface area contributed by atoms with Gasteiger partial charge in [-0.3, -0.25) is 4.79 Å². The molecule has 8 nitrogen and oxygen atoms in total. The van der Waals surface area contributed by atoms with E-state index in [1.807, 2.05) is 49.4 Å². The quantitative estimate of drug-likeness (QED) is 0.314. The molecule has 212 valence electrons. The molecule has 2 aromatic carbocycles. The van der Waals surface area contributed by atoms with Crippen LogP contribution in [-0.2, 0) is 16.0 Å². The van der Waals surface area contributed by atoms with Crippen LogP contribution in [0.3, 0.4) is 0 Å². The number of piperidine rings is 1. The highest BCUT2D eigenvalue weighted by Gasteiger charge is 2.33. The number of ether oxygens (including phenoxy) is 2. The second-order valence-corrected chi connectivity index (χ2v) is 11.1. The number of aromatic nitrogens is 3. The molecule has 41 heavy (non-hydrogen) atoms. The molecule has 1 saturated heterocycles. The smallest absolute Gasteiger partial charge is 0.308 e. The van der Waals surface area contributed by atoms with E-state index in [9.17, 15) is 9.90 Å². The molecule has 3 aliphatic heterocycles. The van der Waals surface area contributed by atoms with Crippen molar-refractivity contribution in [1.29, 1.82) is 0 Å². The van der Waals surface area contributed by atoms with Crippen molar-refractivity contribution in [2.75, 3.05) is 31.2 Å². The third-order valence-electron chi connectivity index (χ3n) is 8.10. The van der Waals surface area contributed by atoms with Crippen LogP contribution < -0.4 is 9.64 Å². The van der Waals surface area contributed by atoms with E-state index in [4.69, 9.17) is 19.6 Å².